The Bertz CT molecular complexity index is 530. The molecule has 0 aliphatic rings. The highest BCUT2D eigenvalue weighted by Gasteiger charge is 2.19. The van der Waals surface area contributed by atoms with Gasteiger partial charge in [0.15, 0.2) is 0 Å². The highest BCUT2D eigenvalue weighted by atomic mass is 35.5. The summed E-state index contributed by atoms with van der Waals surface area (Å²) in [6.07, 6.45) is 0. The molecule has 0 bridgehead atoms. The maximum Gasteiger partial charge on any atom is 0.0462 e. The van der Waals surface area contributed by atoms with E-state index in [1.165, 1.54) is 16.0 Å². The second kappa shape index (κ2) is 5.64. The molecule has 2 rings (SSSR count). The molecule has 0 amide bonds. The third kappa shape index (κ3) is 2.74. The third-order valence-electron chi connectivity index (χ3n) is 3.34. The van der Waals surface area contributed by atoms with Crippen LogP contribution in [0.4, 0.5) is 0 Å². The first-order chi connectivity index (χ1) is 8.50. The lowest BCUT2D eigenvalue weighted by Gasteiger charge is -2.21. The molecule has 1 atom stereocenters. The average molecular weight is 299 g/mol. The summed E-state index contributed by atoms with van der Waals surface area (Å²) in [5.41, 5.74) is 2.38. The molecule has 96 valence electrons. The van der Waals surface area contributed by atoms with Crippen LogP contribution >= 0.6 is 34.5 Å². The summed E-state index contributed by atoms with van der Waals surface area (Å²) in [6.45, 7) is 6.65. The Hall–Kier alpha value is -0.500. The minimum atomic E-state index is 0.409. The second-order valence-corrected chi connectivity index (χ2v) is 6.65. The topological polar surface area (TPSA) is 0 Å². The Morgan fingerprint density at radius 3 is 2.39 bits per heavy atom. The molecule has 1 heterocycles. The van der Waals surface area contributed by atoms with Crippen LogP contribution in [0.2, 0.25) is 10.0 Å². The molecule has 1 aromatic heterocycles. The third-order valence-corrected chi connectivity index (χ3v) is 4.77. The molecule has 3 heteroatoms. The molecule has 2 aromatic rings. The highest BCUT2D eigenvalue weighted by Crippen LogP contribution is 2.41. The van der Waals surface area contributed by atoms with E-state index in [0.29, 0.717) is 16.9 Å². The molecule has 0 N–H and O–H groups in total. The van der Waals surface area contributed by atoms with Gasteiger partial charge in [0.25, 0.3) is 0 Å². The van der Waals surface area contributed by atoms with Crippen molar-refractivity contribution in [2.75, 3.05) is 0 Å². The van der Waals surface area contributed by atoms with Crippen LogP contribution in [0.1, 0.15) is 32.3 Å². The summed E-state index contributed by atoms with van der Waals surface area (Å²) in [7, 11) is 0. The van der Waals surface area contributed by atoms with Crippen LogP contribution in [0.25, 0.3) is 10.4 Å². The fraction of sp³-hybridized carbons (Fsp3) is 0.333. The van der Waals surface area contributed by atoms with Crippen LogP contribution in [0, 0.1) is 5.92 Å². The van der Waals surface area contributed by atoms with Gasteiger partial charge in [0.1, 0.15) is 0 Å². The van der Waals surface area contributed by atoms with Crippen molar-refractivity contribution in [2.24, 2.45) is 5.92 Å². The Morgan fingerprint density at radius 2 is 1.83 bits per heavy atom. The summed E-state index contributed by atoms with van der Waals surface area (Å²) < 4.78 is 0. The lowest BCUT2D eigenvalue weighted by atomic mass is 9.86. The van der Waals surface area contributed by atoms with Crippen LogP contribution in [0.3, 0.4) is 0 Å². The molecule has 0 spiro atoms. The van der Waals surface area contributed by atoms with E-state index >= 15 is 0 Å². The maximum atomic E-state index is 6.41. The molecule has 0 saturated heterocycles. The molecule has 0 aliphatic heterocycles. The molecular formula is C15H16Cl2S. The summed E-state index contributed by atoms with van der Waals surface area (Å²) in [6, 6.07) is 8.03. The van der Waals surface area contributed by atoms with Crippen molar-refractivity contribution >= 4 is 34.5 Å². The summed E-state index contributed by atoms with van der Waals surface area (Å²) >= 11 is 14.3. The van der Waals surface area contributed by atoms with E-state index in [9.17, 15) is 0 Å². The van der Waals surface area contributed by atoms with E-state index in [-0.39, 0.29) is 0 Å². The monoisotopic (exact) mass is 298 g/mol. The number of thiophene rings is 1. The van der Waals surface area contributed by atoms with Gasteiger partial charge in [-0.05, 0) is 46.5 Å². The predicted molar refractivity (Wildman–Crippen MR) is 83.0 cm³/mol. The molecule has 0 aliphatic carbocycles. The first kappa shape index (κ1) is 13.9. The average Bonchev–Trinajstić information content (AvgIpc) is 2.80. The van der Waals surface area contributed by atoms with Gasteiger partial charge in [-0.2, -0.15) is 0 Å². The van der Waals surface area contributed by atoms with Crippen molar-refractivity contribution in [3.63, 3.8) is 0 Å². The van der Waals surface area contributed by atoms with Crippen molar-refractivity contribution < 1.29 is 0 Å². The Labute approximate surface area is 123 Å². The molecule has 18 heavy (non-hydrogen) atoms. The predicted octanol–water partition coefficient (Wildman–Crippen LogP) is 6.48. The van der Waals surface area contributed by atoms with E-state index < -0.39 is 0 Å². The lowest BCUT2D eigenvalue weighted by Crippen LogP contribution is -2.04. The Morgan fingerprint density at radius 1 is 1.11 bits per heavy atom. The normalized spacial score (nSPS) is 13.0. The zero-order valence-corrected chi connectivity index (χ0v) is 13.0. The van der Waals surface area contributed by atoms with E-state index in [1.807, 2.05) is 12.1 Å². The summed E-state index contributed by atoms with van der Waals surface area (Å²) in [4.78, 5) is 1.22. The van der Waals surface area contributed by atoms with E-state index in [1.54, 1.807) is 11.3 Å². The Kier molecular flexibility index (Phi) is 4.37. The Balaban J connectivity index is 2.63. The van der Waals surface area contributed by atoms with Crippen LogP contribution < -0.4 is 0 Å². The van der Waals surface area contributed by atoms with Crippen LogP contribution in [-0.4, -0.2) is 0 Å². The minimum Gasteiger partial charge on any atom is -0.144 e. The van der Waals surface area contributed by atoms with Crippen molar-refractivity contribution in [2.45, 2.75) is 26.7 Å². The highest BCUT2D eigenvalue weighted by molar-refractivity contribution is 7.13. The van der Waals surface area contributed by atoms with E-state index in [0.717, 1.165) is 5.02 Å². The number of hydrogen-bond donors (Lipinski definition) is 0. The number of rotatable bonds is 3. The van der Waals surface area contributed by atoms with Gasteiger partial charge in [0.2, 0.25) is 0 Å². The molecule has 0 radical (unpaired) electrons. The molecular weight excluding hydrogens is 283 g/mol. The smallest absolute Gasteiger partial charge is 0.0462 e. The number of halogens is 2. The molecule has 0 fully saturated rings. The fourth-order valence-corrected chi connectivity index (χ4v) is 3.44. The fourth-order valence-electron chi connectivity index (χ4n) is 2.02. The van der Waals surface area contributed by atoms with Gasteiger partial charge in [-0.3, -0.25) is 0 Å². The van der Waals surface area contributed by atoms with Crippen molar-refractivity contribution in [1.82, 2.24) is 0 Å². The van der Waals surface area contributed by atoms with Gasteiger partial charge in [0, 0.05) is 14.9 Å². The first-order valence-corrected chi connectivity index (χ1v) is 7.67. The molecule has 1 unspecified atom stereocenters. The van der Waals surface area contributed by atoms with Gasteiger partial charge in [-0.15, -0.1) is 11.3 Å². The first-order valence-electron chi connectivity index (χ1n) is 6.03. The SMILES string of the molecule is CC(C)C(C)c1c(Cl)cc(Cl)cc1-c1cccs1. The zero-order chi connectivity index (χ0) is 13.3. The molecule has 0 saturated carbocycles. The van der Waals surface area contributed by atoms with Gasteiger partial charge in [-0.25, -0.2) is 0 Å². The van der Waals surface area contributed by atoms with Gasteiger partial charge < -0.3 is 0 Å². The quantitative estimate of drug-likeness (QED) is 0.608. The van der Waals surface area contributed by atoms with Gasteiger partial charge >= 0.3 is 0 Å². The second-order valence-electron chi connectivity index (χ2n) is 4.86. The number of hydrogen-bond acceptors (Lipinski definition) is 1. The standard InChI is InChI=1S/C15H16Cl2S/c1-9(2)10(3)15-12(14-5-4-6-18-14)7-11(16)8-13(15)17/h4-10H,1-3H3. The summed E-state index contributed by atoms with van der Waals surface area (Å²) in [5.74, 6) is 0.953. The largest absolute Gasteiger partial charge is 0.144 e. The minimum absolute atomic E-state index is 0.409. The van der Waals surface area contributed by atoms with E-state index in [4.69, 9.17) is 23.2 Å². The van der Waals surface area contributed by atoms with E-state index in [2.05, 4.69) is 38.3 Å². The van der Waals surface area contributed by atoms with Crippen molar-refractivity contribution in [1.29, 1.82) is 0 Å². The summed E-state index contributed by atoms with van der Waals surface area (Å²) in [5, 5.41) is 3.55. The lowest BCUT2D eigenvalue weighted by molar-refractivity contribution is 0.536. The van der Waals surface area contributed by atoms with Crippen LogP contribution in [0.15, 0.2) is 29.6 Å². The van der Waals surface area contributed by atoms with Crippen LogP contribution in [-0.2, 0) is 0 Å². The van der Waals surface area contributed by atoms with Crippen molar-refractivity contribution in [3.8, 4) is 10.4 Å². The zero-order valence-electron chi connectivity index (χ0n) is 10.7. The molecule has 0 nitrogen and oxygen atoms in total. The maximum absolute atomic E-state index is 6.41. The number of benzene rings is 1. The molecule has 1 aromatic carbocycles. The van der Waals surface area contributed by atoms with Crippen LogP contribution in [0.5, 0.6) is 0 Å². The van der Waals surface area contributed by atoms with Crippen molar-refractivity contribution in [3.05, 3.63) is 45.3 Å². The van der Waals surface area contributed by atoms with Gasteiger partial charge in [-0.1, -0.05) is 50.0 Å². The van der Waals surface area contributed by atoms with Gasteiger partial charge in [0.05, 0.1) is 0 Å².